The second-order valence-corrected chi connectivity index (χ2v) is 4.85. The first kappa shape index (κ1) is 13.1. The van der Waals surface area contributed by atoms with Gasteiger partial charge in [-0.15, -0.1) is 0 Å². The Labute approximate surface area is 107 Å². The van der Waals surface area contributed by atoms with Crippen LogP contribution in [-0.4, -0.2) is 41.8 Å². The Morgan fingerprint density at radius 3 is 2.94 bits per heavy atom. The number of aryl methyl sites for hydroxylation is 1. The summed E-state index contributed by atoms with van der Waals surface area (Å²) in [5, 5.41) is 8.99. The molecule has 1 saturated heterocycles. The van der Waals surface area contributed by atoms with Gasteiger partial charge in [-0.05, 0) is 31.0 Å². The average Bonchev–Trinajstić information content (AvgIpc) is 2.32. The summed E-state index contributed by atoms with van der Waals surface area (Å²) in [4.78, 5) is 13.3. The molecule has 4 heteroatoms. The van der Waals surface area contributed by atoms with E-state index in [1.54, 1.807) is 6.07 Å². The minimum atomic E-state index is -0.862. The van der Waals surface area contributed by atoms with E-state index in [-0.39, 0.29) is 0 Å². The number of aromatic carboxylic acids is 1. The van der Waals surface area contributed by atoms with Crippen LogP contribution in [0.25, 0.3) is 0 Å². The van der Waals surface area contributed by atoms with Crippen molar-refractivity contribution < 1.29 is 14.6 Å². The van der Waals surface area contributed by atoms with Gasteiger partial charge in [-0.2, -0.15) is 0 Å². The van der Waals surface area contributed by atoms with Crippen LogP contribution >= 0.6 is 0 Å². The summed E-state index contributed by atoms with van der Waals surface area (Å²) < 4.78 is 5.40. The highest BCUT2D eigenvalue weighted by atomic mass is 16.5. The normalized spacial score (nSPS) is 20.9. The second-order valence-electron chi connectivity index (χ2n) is 4.85. The first-order valence-electron chi connectivity index (χ1n) is 6.22. The van der Waals surface area contributed by atoms with Crippen LogP contribution in [0.3, 0.4) is 0 Å². The van der Waals surface area contributed by atoms with E-state index in [0.29, 0.717) is 11.6 Å². The highest BCUT2D eigenvalue weighted by Crippen LogP contribution is 2.16. The molecule has 0 radical (unpaired) electrons. The van der Waals surface area contributed by atoms with Crippen molar-refractivity contribution in [3.8, 4) is 0 Å². The molecule has 1 N–H and O–H groups in total. The van der Waals surface area contributed by atoms with Gasteiger partial charge in [0.15, 0.2) is 0 Å². The van der Waals surface area contributed by atoms with Crippen LogP contribution in [0.4, 0.5) is 0 Å². The van der Waals surface area contributed by atoms with Crippen molar-refractivity contribution in [1.29, 1.82) is 0 Å². The number of carboxylic acid groups (broad SMARTS) is 1. The quantitative estimate of drug-likeness (QED) is 0.889. The van der Waals surface area contributed by atoms with E-state index in [0.717, 1.165) is 37.4 Å². The van der Waals surface area contributed by atoms with E-state index < -0.39 is 5.97 Å². The summed E-state index contributed by atoms with van der Waals surface area (Å²) in [6.07, 6.45) is 0. The van der Waals surface area contributed by atoms with Gasteiger partial charge in [-0.3, -0.25) is 4.90 Å². The fourth-order valence-electron chi connectivity index (χ4n) is 2.29. The number of ether oxygens (including phenoxy) is 1. The monoisotopic (exact) mass is 249 g/mol. The number of morpholine rings is 1. The molecule has 0 saturated carbocycles. The van der Waals surface area contributed by atoms with Crippen molar-refractivity contribution >= 4 is 5.97 Å². The number of nitrogens with zero attached hydrogens (tertiary/aromatic N) is 1. The number of hydrogen-bond donors (Lipinski definition) is 1. The van der Waals surface area contributed by atoms with Crippen LogP contribution in [0.15, 0.2) is 18.2 Å². The predicted octanol–water partition coefficient (Wildman–Crippen LogP) is 1.91. The Kier molecular flexibility index (Phi) is 3.99. The Bertz CT molecular complexity index is 445. The lowest BCUT2D eigenvalue weighted by Crippen LogP contribution is -2.42. The molecular weight excluding hydrogens is 230 g/mol. The molecule has 0 aliphatic carbocycles. The Morgan fingerprint density at radius 2 is 2.33 bits per heavy atom. The van der Waals surface area contributed by atoms with E-state index in [1.165, 1.54) is 0 Å². The molecule has 18 heavy (non-hydrogen) atoms. The second kappa shape index (κ2) is 5.50. The summed E-state index contributed by atoms with van der Waals surface area (Å²) in [7, 11) is 0. The van der Waals surface area contributed by atoms with Gasteiger partial charge in [0, 0.05) is 19.1 Å². The molecule has 1 aromatic carbocycles. The molecule has 1 aliphatic rings. The smallest absolute Gasteiger partial charge is 0.335 e. The highest BCUT2D eigenvalue weighted by molar-refractivity contribution is 5.89. The third-order valence-electron chi connectivity index (χ3n) is 3.41. The average molecular weight is 249 g/mol. The lowest BCUT2D eigenvalue weighted by molar-refractivity contribution is -0.00437. The maximum Gasteiger partial charge on any atom is 0.335 e. The maximum atomic E-state index is 10.9. The Balaban J connectivity index is 2.10. The number of carboxylic acids is 1. The molecular formula is C14H19NO3. The zero-order valence-electron chi connectivity index (χ0n) is 10.8. The molecule has 2 rings (SSSR count). The summed E-state index contributed by atoms with van der Waals surface area (Å²) in [6, 6.07) is 5.97. The van der Waals surface area contributed by atoms with Gasteiger partial charge in [0.1, 0.15) is 0 Å². The van der Waals surface area contributed by atoms with Gasteiger partial charge in [0.05, 0.1) is 18.8 Å². The van der Waals surface area contributed by atoms with E-state index in [9.17, 15) is 4.79 Å². The topological polar surface area (TPSA) is 49.8 Å². The zero-order chi connectivity index (χ0) is 13.1. The molecule has 0 bridgehead atoms. The molecule has 0 aromatic heterocycles. The molecule has 1 aromatic rings. The van der Waals surface area contributed by atoms with E-state index in [2.05, 4.69) is 11.8 Å². The van der Waals surface area contributed by atoms with Crippen molar-refractivity contribution in [3.63, 3.8) is 0 Å². The number of hydrogen-bond acceptors (Lipinski definition) is 3. The van der Waals surface area contributed by atoms with Crippen LogP contribution in [0.1, 0.15) is 28.4 Å². The van der Waals surface area contributed by atoms with Gasteiger partial charge >= 0.3 is 5.97 Å². The summed E-state index contributed by atoms with van der Waals surface area (Å²) in [5.74, 6) is -0.862. The Hall–Kier alpha value is -1.39. The highest BCUT2D eigenvalue weighted by Gasteiger charge is 2.19. The van der Waals surface area contributed by atoms with Crippen LogP contribution in [-0.2, 0) is 11.3 Å². The van der Waals surface area contributed by atoms with Crippen molar-refractivity contribution in [3.05, 3.63) is 34.9 Å². The van der Waals surface area contributed by atoms with Gasteiger partial charge in [-0.1, -0.05) is 12.1 Å². The van der Waals surface area contributed by atoms with Gasteiger partial charge in [-0.25, -0.2) is 4.79 Å². The third kappa shape index (κ3) is 2.89. The largest absolute Gasteiger partial charge is 0.478 e. The first-order valence-corrected chi connectivity index (χ1v) is 6.22. The van der Waals surface area contributed by atoms with E-state index in [4.69, 9.17) is 9.84 Å². The lowest BCUT2D eigenvalue weighted by atomic mass is 10.0. The SMILES string of the molecule is Cc1cc(CN2CCOC[C@@H]2C)ccc1C(=O)O. The van der Waals surface area contributed by atoms with Gasteiger partial charge < -0.3 is 9.84 Å². The summed E-state index contributed by atoms with van der Waals surface area (Å²) >= 11 is 0. The van der Waals surface area contributed by atoms with Crippen molar-refractivity contribution in [1.82, 2.24) is 4.90 Å². The van der Waals surface area contributed by atoms with Crippen molar-refractivity contribution in [2.75, 3.05) is 19.8 Å². The van der Waals surface area contributed by atoms with Crippen molar-refractivity contribution in [2.24, 2.45) is 0 Å². The number of benzene rings is 1. The fraction of sp³-hybridized carbons (Fsp3) is 0.500. The van der Waals surface area contributed by atoms with Crippen LogP contribution in [0.5, 0.6) is 0 Å². The van der Waals surface area contributed by atoms with Gasteiger partial charge in [0.25, 0.3) is 0 Å². The molecule has 0 unspecified atom stereocenters. The zero-order valence-corrected chi connectivity index (χ0v) is 10.8. The molecule has 1 atom stereocenters. The standard InChI is InChI=1S/C14H19NO3/c1-10-7-12(3-4-13(10)14(16)17)8-15-5-6-18-9-11(15)2/h3-4,7,11H,5-6,8-9H2,1-2H3,(H,16,17)/t11-/m0/s1. The molecule has 1 heterocycles. The molecule has 4 nitrogen and oxygen atoms in total. The third-order valence-corrected chi connectivity index (χ3v) is 3.41. The molecule has 0 spiro atoms. The van der Waals surface area contributed by atoms with E-state index in [1.807, 2.05) is 19.1 Å². The minimum absolute atomic E-state index is 0.383. The van der Waals surface area contributed by atoms with Crippen LogP contribution in [0.2, 0.25) is 0 Å². The summed E-state index contributed by atoms with van der Waals surface area (Å²) in [6.45, 7) is 7.32. The lowest BCUT2D eigenvalue weighted by Gasteiger charge is -2.33. The van der Waals surface area contributed by atoms with Crippen LogP contribution < -0.4 is 0 Å². The predicted molar refractivity (Wildman–Crippen MR) is 68.8 cm³/mol. The molecule has 98 valence electrons. The molecule has 0 amide bonds. The maximum absolute atomic E-state index is 10.9. The summed E-state index contributed by atoms with van der Waals surface area (Å²) in [5.41, 5.74) is 2.36. The fourth-order valence-corrected chi connectivity index (χ4v) is 2.29. The van der Waals surface area contributed by atoms with Gasteiger partial charge in [0.2, 0.25) is 0 Å². The van der Waals surface area contributed by atoms with Crippen LogP contribution in [0, 0.1) is 6.92 Å². The number of rotatable bonds is 3. The molecule has 1 fully saturated rings. The minimum Gasteiger partial charge on any atom is -0.478 e. The Morgan fingerprint density at radius 1 is 1.56 bits per heavy atom. The number of carbonyl (C=O) groups is 1. The molecule has 1 aliphatic heterocycles. The van der Waals surface area contributed by atoms with Crippen molar-refractivity contribution in [2.45, 2.75) is 26.4 Å². The van der Waals surface area contributed by atoms with E-state index >= 15 is 0 Å². The first-order chi connectivity index (χ1) is 8.58.